The number of rotatable bonds is 2. The maximum Gasteiger partial charge on any atom is 0.123 e. The van der Waals surface area contributed by atoms with Crippen molar-refractivity contribution >= 4 is 11.3 Å². The minimum Gasteiger partial charge on any atom is -0.364 e. The molecule has 3 rings (SSSR count). The molecule has 0 aliphatic carbocycles. The average molecular weight is 216 g/mol. The summed E-state index contributed by atoms with van der Waals surface area (Å²) in [6.45, 7) is 3.01. The third-order valence-electron chi connectivity index (χ3n) is 2.76. The summed E-state index contributed by atoms with van der Waals surface area (Å²) in [4.78, 5) is 2.66. The molecule has 1 aliphatic heterocycles. The van der Waals surface area contributed by atoms with Gasteiger partial charge in [-0.15, -0.1) is 11.3 Å². The molecule has 1 atom stereocenters. The van der Waals surface area contributed by atoms with Gasteiger partial charge in [0.25, 0.3) is 0 Å². The van der Waals surface area contributed by atoms with Crippen LogP contribution in [0.5, 0.6) is 0 Å². The summed E-state index contributed by atoms with van der Waals surface area (Å²) >= 11 is 1.83. The topological polar surface area (TPSA) is 12.5 Å². The highest BCUT2D eigenvalue weighted by Crippen LogP contribution is 2.43. The van der Waals surface area contributed by atoms with Gasteiger partial charge in [0.1, 0.15) is 5.60 Å². The van der Waals surface area contributed by atoms with Crippen molar-refractivity contribution in [2.75, 3.05) is 6.61 Å². The molecule has 76 valence electrons. The van der Waals surface area contributed by atoms with Gasteiger partial charge in [-0.25, -0.2) is 0 Å². The highest BCUT2D eigenvalue weighted by atomic mass is 32.1. The predicted molar refractivity (Wildman–Crippen MR) is 63.1 cm³/mol. The van der Waals surface area contributed by atoms with Crippen molar-refractivity contribution in [1.29, 1.82) is 0 Å². The molecule has 2 aromatic rings. The Bertz CT molecular complexity index is 468. The molecule has 1 nitrogen and oxygen atoms in total. The van der Waals surface area contributed by atoms with Gasteiger partial charge in [-0.2, -0.15) is 0 Å². The minimum absolute atomic E-state index is 0.0116. The standard InChI is InChI=1S/C13H12OS/c1-13(9-14-13)12-8-7-11(15-12)10-5-3-2-4-6-10/h2-8H,9H2,1H3. The van der Waals surface area contributed by atoms with E-state index in [1.54, 1.807) is 0 Å². The van der Waals surface area contributed by atoms with E-state index in [4.69, 9.17) is 4.74 Å². The Morgan fingerprint density at radius 3 is 2.53 bits per heavy atom. The van der Waals surface area contributed by atoms with Crippen molar-refractivity contribution in [3.05, 3.63) is 47.3 Å². The lowest BCUT2D eigenvalue weighted by atomic mass is 10.1. The zero-order valence-electron chi connectivity index (χ0n) is 8.57. The number of epoxide rings is 1. The fourth-order valence-electron chi connectivity index (χ4n) is 1.63. The molecule has 0 spiro atoms. The molecule has 1 saturated heterocycles. The third-order valence-corrected chi connectivity index (χ3v) is 4.14. The van der Waals surface area contributed by atoms with Gasteiger partial charge in [0.05, 0.1) is 6.61 Å². The minimum atomic E-state index is 0.0116. The lowest BCUT2D eigenvalue weighted by Crippen LogP contribution is -1.96. The highest BCUT2D eigenvalue weighted by molar-refractivity contribution is 7.15. The van der Waals surface area contributed by atoms with Crippen LogP contribution in [-0.4, -0.2) is 6.61 Å². The van der Waals surface area contributed by atoms with Crippen molar-refractivity contribution in [2.24, 2.45) is 0 Å². The van der Waals surface area contributed by atoms with E-state index in [1.807, 2.05) is 17.4 Å². The van der Waals surface area contributed by atoms with Gasteiger partial charge in [0, 0.05) is 9.75 Å². The lowest BCUT2D eigenvalue weighted by molar-refractivity contribution is 0.333. The Balaban J connectivity index is 1.97. The highest BCUT2D eigenvalue weighted by Gasteiger charge is 2.42. The zero-order chi connectivity index (χ0) is 10.3. The summed E-state index contributed by atoms with van der Waals surface area (Å²) in [6, 6.07) is 14.8. The number of thiophene rings is 1. The lowest BCUT2D eigenvalue weighted by Gasteiger charge is -1.99. The Morgan fingerprint density at radius 2 is 1.87 bits per heavy atom. The summed E-state index contributed by atoms with van der Waals surface area (Å²) in [5, 5.41) is 0. The molecular weight excluding hydrogens is 204 g/mol. The molecule has 1 fully saturated rings. The van der Waals surface area contributed by atoms with E-state index in [1.165, 1.54) is 15.3 Å². The van der Waals surface area contributed by atoms with Crippen LogP contribution in [0.25, 0.3) is 10.4 Å². The van der Waals surface area contributed by atoms with E-state index in [-0.39, 0.29) is 5.60 Å². The summed E-state index contributed by atoms with van der Waals surface area (Å²) in [6.07, 6.45) is 0. The number of benzene rings is 1. The van der Waals surface area contributed by atoms with Crippen LogP contribution in [0.3, 0.4) is 0 Å². The number of hydrogen-bond donors (Lipinski definition) is 0. The van der Waals surface area contributed by atoms with Crippen molar-refractivity contribution in [1.82, 2.24) is 0 Å². The Morgan fingerprint density at radius 1 is 1.13 bits per heavy atom. The van der Waals surface area contributed by atoms with Gasteiger partial charge in [-0.3, -0.25) is 0 Å². The molecule has 0 saturated carbocycles. The molecule has 0 bridgehead atoms. The largest absolute Gasteiger partial charge is 0.364 e. The summed E-state index contributed by atoms with van der Waals surface area (Å²) in [7, 11) is 0. The van der Waals surface area contributed by atoms with E-state index in [2.05, 4.69) is 43.3 Å². The smallest absolute Gasteiger partial charge is 0.123 e. The molecule has 1 aromatic heterocycles. The van der Waals surface area contributed by atoms with Crippen molar-refractivity contribution in [3.8, 4) is 10.4 Å². The van der Waals surface area contributed by atoms with Gasteiger partial charge in [-0.1, -0.05) is 30.3 Å². The first-order chi connectivity index (χ1) is 7.28. The molecule has 2 heteroatoms. The summed E-state index contributed by atoms with van der Waals surface area (Å²) in [5.41, 5.74) is 1.30. The fraction of sp³-hybridized carbons (Fsp3) is 0.231. The first-order valence-electron chi connectivity index (χ1n) is 5.08. The fourth-order valence-corrected chi connectivity index (χ4v) is 2.73. The van der Waals surface area contributed by atoms with Crippen LogP contribution in [0, 0.1) is 0 Å². The second-order valence-corrected chi connectivity index (χ2v) is 5.13. The van der Waals surface area contributed by atoms with Gasteiger partial charge >= 0.3 is 0 Å². The molecule has 1 aromatic carbocycles. The van der Waals surface area contributed by atoms with Gasteiger partial charge in [0.2, 0.25) is 0 Å². The summed E-state index contributed by atoms with van der Waals surface area (Å²) in [5.74, 6) is 0. The van der Waals surface area contributed by atoms with Gasteiger partial charge in [-0.05, 0) is 24.6 Å². The average Bonchev–Trinajstić information content (AvgIpc) is 2.85. The van der Waals surface area contributed by atoms with Gasteiger partial charge < -0.3 is 4.74 Å². The predicted octanol–water partition coefficient (Wildman–Crippen LogP) is 3.66. The van der Waals surface area contributed by atoms with Crippen LogP contribution in [0.1, 0.15) is 11.8 Å². The maximum atomic E-state index is 5.44. The monoisotopic (exact) mass is 216 g/mol. The Kier molecular flexibility index (Phi) is 1.94. The van der Waals surface area contributed by atoms with Gasteiger partial charge in [0.15, 0.2) is 0 Å². The molecule has 1 unspecified atom stereocenters. The summed E-state index contributed by atoms with van der Waals surface area (Å²) < 4.78 is 5.44. The molecule has 0 amide bonds. The second-order valence-electron chi connectivity index (χ2n) is 4.05. The maximum absolute atomic E-state index is 5.44. The molecule has 1 aliphatic rings. The second kappa shape index (κ2) is 3.19. The van der Waals surface area contributed by atoms with E-state index in [9.17, 15) is 0 Å². The Hall–Kier alpha value is -1.12. The normalized spacial score (nSPS) is 24.1. The number of ether oxygens (including phenoxy) is 1. The van der Waals surface area contributed by atoms with Crippen molar-refractivity contribution < 1.29 is 4.74 Å². The molecule has 15 heavy (non-hydrogen) atoms. The molecule has 0 radical (unpaired) electrons. The first kappa shape index (κ1) is 9.13. The van der Waals surface area contributed by atoms with Crippen molar-refractivity contribution in [3.63, 3.8) is 0 Å². The first-order valence-corrected chi connectivity index (χ1v) is 5.89. The third kappa shape index (κ3) is 1.60. The molecule has 0 N–H and O–H groups in total. The van der Waals surface area contributed by atoms with E-state index >= 15 is 0 Å². The van der Waals surface area contributed by atoms with E-state index in [0.717, 1.165) is 6.61 Å². The SMILES string of the molecule is CC1(c2ccc(-c3ccccc3)s2)CO1. The van der Waals surface area contributed by atoms with Crippen LogP contribution < -0.4 is 0 Å². The zero-order valence-corrected chi connectivity index (χ0v) is 9.38. The van der Waals surface area contributed by atoms with Crippen LogP contribution in [0.15, 0.2) is 42.5 Å². The Labute approximate surface area is 93.3 Å². The number of hydrogen-bond acceptors (Lipinski definition) is 2. The molecule has 2 heterocycles. The van der Waals surface area contributed by atoms with Crippen molar-refractivity contribution in [2.45, 2.75) is 12.5 Å². The van der Waals surface area contributed by atoms with E-state index in [0.29, 0.717) is 0 Å². The molecular formula is C13H12OS. The van der Waals surface area contributed by atoms with Crippen LogP contribution in [0.4, 0.5) is 0 Å². The van der Waals surface area contributed by atoms with Crippen LogP contribution in [-0.2, 0) is 10.3 Å². The quantitative estimate of drug-likeness (QED) is 0.698. The van der Waals surface area contributed by atoms with Crippen LogP contribution in [0.2, 0.25) is 0 Å². The van der Waals surface area contributed by atoms with Crippen LogP contribution >= 0.6 is 11.3 Å². The van der Waals surface area contributed by atoms with E-state index < -0.39 is 0 Å².